The number of hydrogen-bond donors (Lipinski definition) is 0. The Bertz CT molecular complexity index is 235. The minimum absolute atomic E-state index is 0.0321. The molecule has 0 N–H and O–H groups in total. The van der Waals surface area contributed by atoms with E-state index in [1.165, 1.54) is 18.9 Å². The number of thioether (sulfide) groups is 1. The number of ether oxygens (including phenoxy) is 1. The van der Waals surface area contributed by atoms with Gasteiger partial charge in [0.15, 0.2) is 5.78 Å². The first-order valence-corrected chi connectivity index (χ1v) is 5.11. The number of carbonyl (C=O) groups is 2. The van der Waals surface area contributed by atoms with Gasteiger partial charge in [0.1, 0.15) is 0 Å². The maximum Gasteiger partial charge on any atom is 0.305 e. The van der Waals surface area contributed by atoms with Crippen LogP contribution in [0, 0.1) is 0 Å². The van der Waals surface area contributed by atoms with E-state index in [0.717, 1.165) is 12.8 Å². The van der Waals surface area contributed by atoms with Crippen molar-refractivity contribution in [2.24, 2.45) is 0 Å². The molecule has 0 aromatic heterocycles. The van der Waals surface area contributed by atoms with Gasteiger partial charge in [-0.3, -0.25) is 9.59 Å². The Balaban J connectivity index is 2.13. The summed E-state index contributed by atoms with van der Waals surface area (Å²) in [6, 6.07) is 0. The normalized spacial score (nSPS) is 20.7. The third-order valence-electron chi connectivity index (χ3n) is 1.87. The van der Waals surface area contributed by atoms with Crippen LogP contribution in [0.25, 0.3) is 0 Å². The third-order valence-corrected chi connectivity index (χ3v) is 2.96. The predicted octanol–water partition coefficient (Wildman–Crippen LogP) is 1.53. The first kappa shape index (κ1) is 10.3. The molecule has 1 rings (SSSR count). The standard InChI is InChI=1S/C9H12O3S/c1-12-9(11)4-2-3-8-7(10)5-6-13-8/h5-6,8H,2-4H2,1H3. The second-order valence-electron chi connectivity index (χ2n) is 2.80. The van der Waals surface area contributed by atoms with Gasteiger partial charge in [0.05, 0.1) is 12.4 Å². The molecule has 0 aromatic carbocycles. The Morgan fingerprint density at radius 1 is 1.69 bits per heavy atom. The largest absolute Gasteiger partial charge is 0.469 e. The van der Waals surface area contributed by atoms with Crippen LogP contribution in [0.15, 0.2) is 11.5 Å². The molecule has 0 amide bonds. The summed E-state index contributed by atoms with van der Waals surface area (Å²) >= 11 is 1.53. The molecule has 0 radical (unpaired) electrons. The zero-order valence-corrected chi connectivity index (χ0v) is 8.30. The Morgan fingerprint density at radius 3 is 3.00 bits per heavy atom. The number of ketones is 1. The highest BCUT2D eigenvalue weighted by Gasteiger charge is 2.19. The van der Waals surface area contributed by atoms with E-state index in [1.807, 2.05) is 5.41 Å². The highest BCUT2D eigenvalue weighted by atomic mass is 32.2. The van der Waals surface area contributed by atoms with Crippen LogP contribution in [0.4, 0.5) is 0 Å². The van der Waals surface area contributed by atoms with Gasteiger partial charge in [0.25, 0.3) is 0 Å². The lowest BCUT2D eigenvalue weighted by Gasteiger charge is -2.05. The van der Waals surface area contributed by atoms with E-state index >= 15 is 0 Å². The molecule has 0 saturated heterocycles. The summed E-state index contributed by atoms with van der Waals surface area (Å²) in [7, 11) is 1.37. The number of allylic oxidation sites excluding steroid dienone is 1. The zero-order valence-electron chi connectivity index (χ0n) is 7.49. The van der Waals surface area contributed by atoms with Gasteiger partial charge in [0, 0.05) is 6.42 Å². The average Bonchev–Trinajstić information content (AvgIpc) is 2.52. The van der Waals surface area contributed by atoms with Crippen molar-refractivity contribution in [1.29, 1.82) is 0 Å². The number of rotatable bonds is 4. The van der Waals surface area contributed by atoms with E-state index in [2.05, 4.69) is 4.74 Å². The van der Waals surface area contributed by atoms with E-state index in [4.69, 9.17) is 0 Å². The van der Waals surface area contributed by atoms with E-state index in [1.54, 1.807) is 6.08 Å². The molecule has 1 aliphatic heterocycles. The number of esters is 1. The van der Waals surface area contributed by atoms with Crippen molar-refractivity contribution in [2.45, 2.75) is 24.5 Å². The molecule has 0 bridgehead atoms. The lowest BCUT2D eigenvalue weighted by atomic mass is 10.1. The lowest BCUT2D eigenvalue weighted by molar-refractivity contribution is -0.140. The van der Waals surface area contributed by atoms with E-state index in [-0.39, 0.29) is 17.0 Å². The third kappa shape index (κ3) is 3.22. The molecular formula is C9H12O3S. The molecule has 0 fully saturated rings. The van der Waals surface area contributed by atoms with Crippen molar-refractivity contribution < 1.29 is 14.3 Å². The molecule has 13 heavy (non-hydrogen) atoms. The van der Waals surface area contributed by atoms with Gasteiger partial charge in [-0.1, -0.05) is 0 Å². The molecule has 0 aromatic rings. The van der Waals surface area contributed by atoms with Gasteiger partial charge >= 0.3 is 5.97 Å². The molecule has 72 valence electrons. The summed E-state index contributed by atoms with van der Waals surface area (Å²) in [5, 5.41) is 1.84. The van der Waals surface area contributed by atoms with Crippen LogP contribution in [-0.2, 0) is 14.3 Å². The second-order valence-corrected chi connectivity index (χ2v) is 3.91. The summed E-state index contributed by atoms with van der Waals surface area (Å²) < 4.78 is 4.50. The Morgan fingerprint density at radius 2 is 2.46 bits per heavy atom. The average molecular weight is 200 g/mol. The van der Waals surface area contributed by atoms with Crippen LogP contribution in [0.2, 0.25) is 0 Å². The van der Waals surface area contributed by atoms with Crippen LogP contribution >= 0.6 is 11.8 Å². The summed E-state index contributed by atoms with van der Waals surface area (Å²) in [5.74, 6) is -0.0433. The molecule has 0 saturated carbocycles. The maximum absolute atomic E-state index is 11.1. The summed E-state index contributed by atoms with van der Waals surface area (Å²) in [6.45, 7) is 0. The van der Waals surface area contributed by atoms with Crippen molar-refractivity contribution in [1.82, 2.24) is 0 Å². The smallest absolute Gasteiger partial charge is 0.305 e. The topological polar surface area (TPSA) is 43.4 Å². The van der Waals surface area contributed by atoms with E-state index in [0.29, 0.717) is 6.42 Å². The van der Waals surface area contributed by atoms with Crippen LogP contribution in [0.1, 0.15) is 19.3 Å². The fraction of sp³-hybridized carbons (Fsp3) is 0.556. The number of methoxy groups -OCH3 is 1. The first-order valence-electron chi connectivity index (χ1n) is 4.16. The SMILES string of the molecule is COC(=O)CCCC1SC=CC1=O. The Kier molecular flexibility index (Phi) is 4.02. The fourth-order valence-corrected chi connectivity index (χ4v) is 2.04. The van der Waals surface area contributed by atoms with Crippen LogP contribution in [-0.4, -0.2) is 24.1 Å². The van der Waals surface area contributed by atoms with Crippen molar-refractivity contribution in [3.05, 3.63) is 11.5 Å². The van der Waals surface area contributed by atoms with Gasteiger partial charge < -0.3 is 4.74 Å². The monoisotopic (exact) mass is 200 g/mol. The fourth-order valence-electron chi connectivity index (χ4n) is 1.12. The maximum atomic E-state index is 11.1. The van der Waals surface area contributed by atoms with Crippen molar-refractivity contribution in [2.75, 3.05) is 7.11 Å². The Hall–Kier alpha value is -0.770. The van der Waals surface area contributed by atoms with Crippen molar-refractivity contribution >= 4 is 23.5 Å². The second kappa shape index (κ2) is 5.07. The number of hydrogen-bond acceptors (Lipinski definition) is 4. The van der Waals surface area contributed by atoms with Gasteiger partial charge in [-0.2, -0.15) is 0 Å². The minimum atomic E-state index is -0.205. The quantitative estimate of drug-likeness (QED) is 0.645. The summed E-state index contributed by atoms with van der Waals surface area (Å²) in [4.78, 5) is 21.8. The van der Waals surface area contributed by atoms with Crippen LogP contribution in [0.5, 0.6) is 0 Å². The van der Waals surface area contributed by atoms with E-state index < -0.39 is 0 Å². The van der Waals surface area contributed by atoms with Gasteiger partial charge in [-0.15, -0.1) is 11.8 Å². The first-order chi connectivity index (χ1) is 6.24. The molecule has 1 aliphatic rings. The van der Waals surface area contributed by atoms with Crippen molar-refractivity contribution in [3.8, 4) is 0 Å². The van der Waals surface area contributed by atoms with Gasteiger partial charge in [0.2, 0.25) is 0 Å². The molecule has 1 unspecified atom stereocenters. The predicted molar refractivity (Wildman–Crippen MR) is 51.4 cm³/mol. The van der Waals surface area contributed by atoms with Gasteiger partial charge in [-0.25, -0.2) is 0 Å². The molecule has 4 heteroatoms. The van der Waals surface area contributed by atoms with Crippen molar-refractivity contribution in [3.63, 3.8) is 0 Å². The van der Waals surface area contributed by atoms with Crippen LogP contribution in [0.3, 0.4) is 0 Å². The molecule has 1 atom stereocenters. The Labute approximate surface area is 81.5 Å². The summed E-state index contributed by atoms with van der Waals surface area (Å²) in [6.07, 6.45) is 3.47. The molecule has 3 nitrogen and oxygen atoms in total. The minimum Gasteiger partial charge on any atom is -0.469 e. The highest BCUT2D eigenvalue weighted by Crippen LogP contribution is 2.25. The number of carbonyl (C=O) groups excluding carboxylic acids is 2. The summed E-state index contributed by atoms with van der Waals surface area (Å²) in [5.41, 5.74) is 0. The zero-order chi connectivity index (χ0) is 9.68. The lowest BCUT2D eigenvalue weighted by Crippen LogP contribution is -2.11. The molecule has 0 aliphatic carbocycles. The van der Waals surface area contributed by atoms with E-state index in [9.17, 15) is 9.59 Å². The molecular weight excluding hydrogens is 188 g/mol. The molecule has 1 heterocycles. The van der Waals surface area contributed by atoms with Crippen LogP contribution < -0.4 is 0 Å². The molecule has 0 spiro atoms. The van der Waals surface area contributed by atoms with Gasteiger partial charge in [-0.05, 0) is 24.3 Å². The highest BCUT2D eigenvalue weighted by molar-refractivity contribution is 8.03.